The second-order valence-corrected chi connectivity index (χ2v) is 8.58. The Kier molecular flexibility index (Phi) is 4.96. The Bertz CT molecular complexity index is 1230. The van der Waals surface area contributed by atoms with Gasteiger partial charge >= 0.3 is 0 Å². The molecule has 0 bridgehead atoms. The summed E-state index contributed by atoms with van der Waals surface area (Å²) in [5.74, 6) is -0.150. The Balaban J connectivity index is 1.67. The molecule has 2 N–H and O–H groups in total. The van der Waals surface area contributed by atoms with E-state index in [0.29, 0.717) is 23.5 Å². The van der Waals surface area contributed by atoms with E-state index in [-0.39, 0.29) is 16.8 Å². The van der Waals surface area contributed by atoms with Crippen LogP contribution in [0.1, 0.15) is 36.3 Å². The molecule has 1 atom stereocenters. The van der Waals surface area contributed by atoms with Crippen molar-refractivity contribution in [3.8, 4) is 5.69 Å². The summed E-state index contributed by atoms with van der Waals surface area (Å²) in [6.45, 7) is 3.33. The highest BCUT2D eigenvalue weighted by atomic mass is 32.2. The van der Waals surface area contributed by atoms with Crippen molar-refractivity contribution in [1.82, 2.24) is 20.0 Å². The highest BCUT2D eigenvalue weighted by Gasteiger charge is 2.33. The van der Waals surface area contributed by atoms with Crippen LogP contribution in [0.15, 0.2) is 64.6 Å². The molecule has 1 unspecified atom stereocenters. The minimum Gasteiger partial charge on any atom is -0.273 e. The SMILES string of the molecule is CC(=O)N1N=C(c2nnn(-c3ccc(S(N)(=O)=O)cc3)c2C)CC1c1ccccc1. The Labute approximate surface area is 173 Å². The summed E-state index contributed by atoms with van der Waals surface area (Å²) in [4.78, 5) is 12.2. The minimum absolute atomic E-state index is 0.0206. The van der Waals surface area contributed by atoms with Crippen LogP contribution >= 0.6 is 0 Å². The van der Waals surface area contributed by atoms with Crippen molar-refractivity contribution >= 4 is 21.6 Å². The van der Waals surface area contributed by atoms with Crippen LogP contribution in [0.3, 0.4) is 0 Å². The fourth-order valence-corrected chi connectivity index (χ4v) is 4.01. The molecule has 1 aromatic heterocycles. The lowest BCUT2D eigenvalue weighted by Gasteiger charge is -2.20. The summed E-state index contributed by atoms with van der Waals surface area (Å²) < 4.78 is 24.5. The standard InChI is InChI=1S/C20H20N6O3S/c1-13-20(22-24-25(13)16-8-10-17(11-9-16)30(21,28)29)18-12-19(26(23-18)14(2)27)15-6-4-3-5-7-15/h3-11,19H,12H2,1-2H3,(H2,21,28,29). The van der Waals surface area contributed by atoms with Gasteiger partial charge in [-0.3, -0.25) is 4.79 Å². The van der Waals surface area contributed by atoms with Gasteiger partial charge in [0.25, 0.3) is 0 Å². The Morgan fingerprint density at radius 1 is 1.10 bits per heavy atom. The zero-order valence-electron chi connectivity index (χ0n) is 16.4. The molecule has 4 rings (SSSR count). The fraction of sp³-hybridized carbons (Fsp3) is 0.200. The van der Waals surface area contributed by atoms with Crippen LogP contribution < -0.4 is 5.14 Å². The van der Waals surface area contributed by atoms with E-state index in [1.54, 1.807) is 16.8 Å². The monoisotopic (exact) mass is 424 g/mol. The molecule has 30 heavy (non-hydrogen) atoms. The van der Waals surface area contributed by atoms with E-state index in [1.165, 1.54) is 24.1 Å². The number of nitrogens with zero attached hydrogens (tertiary/aromatic N) is 5. The second kappa shape index (κ2) is 7.47. The van der Waals surface area contributed by atoms with Crippen molar-refractivity contribution in [2.45, 2.75) is 31.2 Å². The van der Waals surface area contributed by atoms with Gasteiger partial charge in [-0.25, -0.2) is 23.2 Å². The van der Waals surface area contributed by atoms with Crippen LogP contribution in [0, 0.1) is 6.92 Å². The van der Waals surface area contributed by atoms with Crippen LogP contribution in [-0.4, -0.2) is 40.0 Å². The molecule has 154 valence electrons. The zero-order chi connectivity index (χ0) is 21.5. The van der Waals surface area contributed by atoms with Crippen LogP contribution in [0.25, 0.3) is 5.69 Å². The predicted molar refractivity (Wildman–Crippen MR) is 110 cm³/mol. The molecule has 0 radical (unpaired) electrons. The summed E-state index contributed by atoms with van der Waals surface area (Å²) in [7, 11) is -3.77. The van der Waals surface area contributed by atoms with E-state index < -0.39 is 10.0 Å². The van der Waals surface area contributed by atoms with Gasteiger partial charge in [-0.05, 0) is 36.8 Å². The van der Waals surface area contributed by atoms with Gasteiger partial charge in [-0.1, -0.05) is 35.5 Å². The van der Waals surface area contributed by atoms with Gasteiger partial charge in [0.2, 0.25) is 15.9 Å². The van der Waals surface area contributed by atoms with Crippen LogP contribution in [-0.2, 0) is 14.8 Å². The van der Waals surface area contributed by atoms with E-state index >= 15 is 0 Å². The summed E-state index contributed by atoms with van der Waals surface area (Å²) in [6, 6.07) is 15.6. The molecule has 3 aromatic rings. The maximum atomic E-state index is 12.1. The summed E-state index contributed by atoms with van der Waals surface area (Å²) in [5.41, 5.74) is 3.63. The lowest BCUT2D eigenvalue weighted by molar-refractivity contribution is -0.130. The first kappa shape index (κ1) is 19.9. The molecule has 10 heteroatoms. The third kappa shape index (κ3) is 3.62. The van der Waals surface area contributed by atoms with Crippen LogP contribution in [0.5, 0.6) is 0 Å². The Morgan fingerprint density at radius 3 is 2.37 bits per heavy atom. The van der Waals surface area contributed by atoms with Gasteiger partial charge in [0.1, 0.15) is 5.69 Å². The number of aromatic nitrogens is 3. The molecule has 2 aromatic carbocycles. The number of hydrogen-bond donors (Lipinski definition) is 1. The molecular weight excluding hydrogens is 404 g/mol. The van der Waals surface area contributed by atoms with Gasteiger partial charge in [0, 0.05) is 13.3 Å². The number of primary sulfonamides is 1. The first-order valence-electron chi connectivity index (χ1n) is 9.24. The molecule has 2 heterocycles. The lowest BCUT2D eigenvalue weighted by atomic mass is 10.0. The highest BCUT2D eigenvalue weighted by molar-refractivity contribution is 7.89. The van der Waals surface area contributed by atoms with Crippen molar-refractivity contribution in [2.75, 3.05) is 0 Å². The topological polar surface area (TPSA) is 124 Å². The predicted octanol–water partition coefficient (Wildman–Crippen LogP) is 1.92. The molecule has 9 nitrogen and oxygen atoms in total. The number of rotatable bonds is 4. The first-order chi connectivity index (χ1) is 14.3. The molecule has 0 saturated heterocycles. The number of carbonyl (C=O) groups excluding carboxylic acids is 1. The van der Waals surface area contributed by atoms with Gasteiger partial charge in [0.05, 0.1) is 28.0 Å². The van der Waals surface area contributed by atoms with E-state index in [0.717, 1.165) is 11.3 Å². The average molecular weight is 424 g/mol. The van der Waals surface area contributed by atoms with Crippen LogP contribution in [0.2, 0.25) is 0 Å². The summed E-state index contributed by atoms with van der Waals surface area (Å²) in [6.07, 6.45) is 0.521. The zero-order valence-corrected chi connectivity index (χ0v) is 17.2. The van der Waals surface area contributed by atoms with Gasteiger partial charge in [-0.15, -0.1) is 5.10 Å². The first-order valence-corrected chi connectivity index (χ1v) is 10.8. The summed E-state index contributed by atoms with van der Waals surface area (Å²) >= 11 is 0. The maximum Gasteiger partial charge on any atom is 0.240 e. The lowest BCUT2D eigenvalue weighted by Crippen LogP contribution is -2.24. The van der Waals surface area contributed by atoms with Crippen molar-refractivity contribution < 1.29 is 13.2 Å². The second-order valence-electron chi connectivity index (χ2n) is 7.02. The minimum atomic E-state index is -3.77. The van der Waals surface area contributed by atoms with Crippen molar-refractivity contribution in [3.05, 3.63) is 71.5 Å². The van der Waals surface area contributed by atoms with Crippen molar-refractivity contribution in [1.29, 1.82) is 0 Å². The number of nitrogens with two attached hydrogens (primary N) is 1. The number of amides is 1. The number of benzene rings is 2. The Morgan fingerprint density at radius 2 is 1.77 bits per heavy atom. The molecule has 1 aliphatic heterocycles. The third-order valence-corrected chi connectivity index (χ3v) is 5.92. The van der Waals surface area contributed by atoms with E-state index in [9.17, 15) is 13.2 Å². The average Bonchev–Trinajstić information content (AvgIpc) is 3.32. The molecule has 0 aliphatic carbocycles. The molecule has 1 amide bonds. The molecule has 0 saturated carbocycles. The largest absolute Gasteiger partial charge is 0.273 e. The van der Waals surface area contributed by atoms with Crippen molar-refractivity contribution in [3.63, 3.8) is 0 Å². The molecule has 0 spiro atoms. The van der Waals surface area contributed by atoms with E-state index in [1.807, 2.05) is 37.3 Å². The smallest absolute Gasteiger partial charge is 0.240 e. The highest BCUT2D eigenvalue weighted by Crippen LogP contribution is 2.33. The molecule has 0 fully saturated rings. The quantitative estimate of drug-likeness (QED) is 0.685. The van der Waals surface area contributed by atoms with E-state index in [2.05, 4.69) is 15.4 Å². The number of carbonyl (C=O) groups is 1. The Hall–Kier alpha value is -3.37. The third-order valence-electron chi connectivity index (χ3n) is 5.00. The fourth-order valence-electron chi connectivity index (χ4n) is 3.50. The number of hydrazone groups is 1. The van der Waals surface area contributed by atoms with Gasteiger partial charge in [-0.2, -0.15) is 5.10 Å². The maximum absolute atomic E-state index is 12.1. The molecule has 1 aliphatic rings. The van der Waals surface area contributed by atoms with Gasteiger partial charge < -0.3 is 0 Å². The normalized spacial score (nSPS) is 16.6. The number of hydrogen-bond acceptors (Lipinski definition) is 6. The van der Waals surface area contributed by atoms with Crippen LogP contribution in [0.4, 0.5) is 0 Å². The van der Waals surface area contributed by atoms with E-state index in [4.69, 9.17) is 5.14 Å². The van der Waals surface area contributed by atoms with Crippen molar-refractivity contribution in [2.24, 2.45) is 10.2 Å². The molecular formula is C20H20N6O3S. The summed E-state index contributed by atoms with van der Waals surface area (Å²) in [5, 5.41) is 19.6. The number of sulfonamides is 1. The van der Waals surface area contributed by atoms with Gasteiger partial charge in [0.15, 0.2) is 0 Å².